The van der Waals surface area contributed by atoms with Crippen molar-refractivity contribution in [3.63, 3.8) is 0 Å². The maximum atomic E-state index is 6.01. The molecule has 0 amide bonds. The normalized spacial score (nSPS) is 20.9. The number of anilines is 2. The second kappa shape index (κ2) is 4.84. The molecule has 0 heterocycles. The molecule has 0 saturated heterocycles. The zero-order valence-corrected chi connectivity index (χ0v) is 11.0. The number of nitrogen functional groups attached to an aromatic ring is 1. The summed E-state index contributed by atoms with van der Waals surface area (Å²) in [4.78, 5) is 0. The number of hydrogen-bond acceptors (Lipinski definition) is 3. The Hall–Kier alpha value is -2.16. The maximum Gasteiger partial charge on any atom is 0.121 e. The number of nitrogens with two attached hydrogens (primary N) is 1. The van der Waals surface area contributed by atoms with E-state index in [0.29, 0.717) is 12.0 Å². The van der Waals surface area contributed by atoms with Gasteiger partial charge in [0.25, 0.3) is 0 Å². The molecule has 2 aromatic rings. The molecule has 3 heteroatoms. The third-order valence-corrected chi connectivity index (χ3v) is 3.62. The lowest BCUT2D eigenvalue weighted by Gasteiger charge is -2.10. The first kappa shape index (κ1) is 11.9. The van der Waals surface area contributed by atoms with E-state index in [-0.39, 0.29) is 0 Å². The fraction of sp³-hybridized carbons (Fsp3) is 0.250. The second-order valence-electron chi connectivity index (χ2n) is 4.96. The third kappa shape index (κ3) is 2.50. The molecule has 19 heavy (non-hydrogen) atoms. The Morgan fingerprint density at radius 1 is 1.16 bits per heavy atom. The van der Waals surface area contributed by atoms with E-state index in [1.165, 1.54) is 5.56 Å². The zero-order valence-electron chi connectivity index (χ0n) is 11.0. The van der Waals surface area contributed by atoms with Crippen LogP contribution in [0.15, 0.2) is 48.5 Å². The van der Waals surface area contributed by atoms with Crippen LogP contribution in [0.1, 0.15) is 17.9 Å². The highest BCUT2D eigenvalue weighted by Gasteiger charge is 2.38. The molecule has 1 fully saturated rings. The van der Waals surface area contributed by atoms with Crippen LogP contribution in [0.2, 0.25) is 0 Å². The Morgan fingerprint density at radius 2 is 1.95 bits per heavy atom. The highest BCUT2D eigenvalue weighted by molar-refractivity contribution is 5.69. The lowest BCUT2D eigenvalue weighted by molar-refractivity contribution is 0.415. The average molecular weight is 254 g/mol. The molecule has 0 bridgehead atoms. The van der Waals surface area contributed by atoms with Gasteiger partial charge in [-0.2, -0.15) is 0 Å². The molecular weight excluding hydrogens is 236 g/mol. The van der Waals surface area contributed by atoms with Crippen LogP contribution < -0.4 is 15.8 Å². The molecule has 1 aliphatic rings. The van der Waals surface area contributed by atoms with E-state index in [4.69, 9.17) is 10.5 Å². The summed E-state index contributed by atoms with van der Waals surface area (Å²) in [6, 6.07) is 16.8. The highest BCUT2D eigenvalue weighted by atomic mass is 16.5. The predicted molar refractivity (Wildman–Crippen MR) is 78.6 cm³/mol. The van der Waals surface area contributed by atoms with Gasteiger partial charge in [-0.1, -0.05) is 30.3 Å². The molecular formula is C16H18N2O. The molecule has 0 aromatic heterocycles. The first-order chi connectivity index (χ1) is 9.28. The Balaban J connectivity index is 1.68. The molecule has 1 aliphatic carbocycles. The van der Waals surface area contributed by atoms with Crippen molar-refractivity contribution < 1.29 is 4.74 Å². The monoisotopic (exact) mass is 254 g/mol. The van der Waals surface area contributed by atoms with Crippen molar-refractivity contribution in [1.82, 2.24) is 0 Å². The van der Waals surface area contributed by atoms with Crippen molar-refractivity contribution in [2.45, 2.75) is 18.4 Å². The Bertz CT molecular complexity index is 568. The Labute approximate surface area is 113 Å². The topological polar surface area (TPSA) is 47.3 Å². The summed E-state index contributed by atoms with van der Waals surface area (Å²) in [7, 11) is 1.65. The van der Waals surface area contributed by atoms with E-state index in [2.05, 4.69) is 35.6 Å². The second-order valence-corrected chi connectivity index (χ2v) is 4.96. The highest BCUT2D eigenvalue weighted by Crippen LogP contribution is 2.43. The van der Waals surface area contributed by atoms with Gasteiger partial charge in [0, 0.05) is 18.0 Å². The van der Waals surface area contributed by atoms with Crippen LogP contribution in [0.4, 0.5) is 11.4 Å². The standard InChI is InChI=1S/C16H18N2O/c1-19-12-7-8-15(14(17)9-12)18-16-10-13(16)11-5-3-2-4-6-11/h2-9,13,16,18H,10,17H2,1H3. The van der Waals surface area contributed by atoms with Crippen LogP contribution in [0.25, 0.3) is 0 Å². The van der Waals surface area contributed by atoms with Gasteiger partial charge in [-0.05, 0) is 24.1 Å². The SMILES string of the molecule is COc1ccc(NC2CC2c2ccccc2)c(N)c1. The first-order valence-electron chi connectivity index (χ1n) is 6.53. The van der Waals surface area contributed by atoms with Crippen LogP contribution >= 0.6 is 0 Å². The summed E-state index contributed by atoms with van der Waals surface area (Å²) >= 11 is 0. The van der Waals surface area contributed by atoms with Crippen molar-refractivity contribution in [3.8, 4) is 5.75 Å². The molecule has 2 aromatic carbocycles. The van der Waals surface area contributed by atoms with Gasteiger partial charge in [0.15, 0.2) is 0 Å². The predicted octanol–water partition coefficient (Wildman–Crippen LogP) is 3.25. The van der Waals surface area contributed by atoms with E-state index < -0.39 is 0 Å². The molecule has 0 spiro atoms. The van der Waals surface area contributed by atoms with E-state index >= 15 is 0 Å². The van der Waals surface area contributed by atoms with Gasteiger partial charge in [-0.3, -0.25) is 0 Å². The van der Waals surface area contributed by atoms with E-state index in [0.717, 1.165) is 23.5 Å². The molecule has 0 radical (unpaired) electrons. The average Bonchev–Trinajstić information content (AvgIpc) is 3.21. The van der Waals surface area contributed by atoms with Crippen LogP contribution in [-0.4, -0.2) is 13.2 Å². The van der Waals surface area contributed by atoms with Crippen molar-refractivity contribution in [2.75, 3.05) is 18.2 Å². The molecule has 2 unspecified atom stereocenters. The molecule has 98 valence electrons. The van der Waals surface area contributed by atoms with Gasteiger partial charge >= 0.3 is 0 Å². The number of benzene rings is 2. The number of hydrogen-bond donors (Lipinski definition) is 2. The van der Waals surface area contributed by atoms with Crippen molar-refractivity contribution >= 4 is 11.4 Å². The molecule has 0 aliphatic heterocycles. The van der Waals surface area contributed by atoms with Crippen molar-refractivity contribution in [3.05, 3.63) is 54.1 Å². The van der Waals surface area contributed by atoms with Gasteiger partial charge in [0.05, 0.1) is 18.5 Å². The number of methoxy groups -OCH3 is 1. The minimum Gasteiger partial charge on any atom is -0.497 e. The van der Waals surface area contributed by atoms with Gasteiger partial charge in [0.2, 0.25) is 0 Å². The summed E-state index contributed by atoms with van der Waals surface area (Å²) < 4.78 is 5.15. The molecule has 3 N–H and O–H groups in total. The van der Waals surface area contributed by atoms with Crippen LogP contribution in [-0.2, 0) is 0 Å². The third-order valence-electron chi connectivity index (χ3n) is 3.62. The molecule has 2 atom stereocenters. The van der Waals surface area contributed by atoms with E-state index in [1.807, 2.05) is 18.2 Å². The quantitative estimate of drug-likeness (QED) is 0.823. The summed E-state index contributed by atoms with van der Waals surface area (Å²) in [5, 5.41) is 3.50. The van der Waals surface area contributed by atoms with Crippen molar-refractivity contribution in [1.29, 1.82) is 0 Å². The molecule has 3 rings (SSSR count). The number of ether oxygens (including phenoxy) is 1. The minimum atomic E-state index is 0.484. The smallest absolute Gasteiger partial charge is 0.121 e. The zero-order chi connectivity index (χ0) is 13.2. The first-order valence-corrected chi connectivity index (χ1v) is 6.53. The van der Waals surface area contributed by atoms with E-state index in [9.17, 15) is 0 Å². The summed E-state index contributed by atoms with van der Waals surface area (Å²) in [5.74, 6) is 1.39. The van der Waals surface area contributed by atoms with Gasteiger partial charge < -0.3 is 15.8 Å². The number of rotatable bonds is 4. The van der Waals surface area contributed by atoms with Gasteiger partial charge in [0.1, 0.15) is 5.75 Å². The lowest BCUT2D eigenvalue weighted by atomic mass is 10.1. The Kier molecular flexibility index (Phi) is 3.03. The lowest BCUT2D eigenvalue weighted by Crippen LogP contribution is -2.06. The number of nitrogens with one attached hydrogen (secondary N) is 1. The molecule has 1 saturated carbocycles. The van der Waals surface area contributed by atoms with Crippen LogP contribution in [0.5, 0.6) is 5.75 Å². The van der Waals surface area contributed by atoms with E-state index in [1.54, 1.807) is 7.11 Å². The summed E-state index contributed by atoms with van der Waals surface area (Å²) in [5.41, 5.74) is 9.13. The fourth-order valence-electron chi connectivity index (χ4n) is 2.42. The van der Waals surface area contributed by atoms with Crippen LogP contribution in [0.3, 0.4) is 0 Å². The summed E-state index contributed by atoms with van der Waals surface area (Å²) in [6.45, 7) is 0. The summed E-state index contributed by atoms with van der Waals surface area (Å²) in [6.07, 6.45) is 1.16. The minimum absolute atomic E-state index is 0.484. The van der Waals surface area contributed by atoms with Crippen molar-refractivity contribution in [2.24, 2.45) is 0 Å². The molecule has 3 nitrogen and oxygen atoms in total. The van der Waals surface area contributed by atoms with Gasteiger partial charge in [-0.15, -0.1) is 0 Å². The fourth-order valence-corrected chi connectivity index (χ4v) is 2.42. The van der Waals surface area contributed by atoms with Crippen LogP contribution in [0, 0.1) is 0 Å². The van der Waals surface area contributed by atoms with Gasteiger partial charge in [-0.25, -0.2) is 0 Å². The maximum absolute atomic E-state index is 6.01. The largest absolute Gasteiger partial charge is 0.497 e. The Morgan fingerprint density at radius 3 is 2.63 bits per heavy atom.